The van der Waals surface area contributed by atoms with Crippen LogP contribution in [0.2, 0.25) is 0 Å². The lowest BCUT2D eigenvalue weighted by Crippen LogP contribution is -2.36. The summed E-state index contributed by atoms with van der Waals surface area (Å²) in [7, 11) is 0. The predicted octanol–water partition coefficient (Wildman–Crippen LogP) is 2.20. The Bertz CT molecular complexity index is 464. The highest BCUT2D eigenvalue weighted by Gasteiger charge is 2.12. The molecule has 0 heterocycles. The third kappa shape index (κ3) is 3.08. The second-order valence-corrected chi connectivity index (χ2v) is 4.05. The van der Waals surface area contributed by atoms with Crippen molar-refractivity contribution in [2.24, 2.45) is 0 Å². The van der Waals surface area contributed by atoms with Crippen LogP contribution in [0.1, 0.15) is 25.0 Å². The van der Waals surface area contributed by atoms with Crippen LogP contribution in [0.4, 0.5) is 4.39 Å². The second kappa shape index (κ2) is 4.79. The van der Waals surface area contributed by atoms with Crippen molar-refractivity contribution in [3.05, 3.63) is 35.1 Å². The molecule has 0 aromatic heterocycles. The monoisotopic (exact) mass is 216 g/mol. The zero-order chi connectivity index (χ0) is 12.2. The molecule has 0 amide bonds. The number of nitrogens with one attached hydrogen (secondary N) is 1. The van der Waals surface area contributed by atoms with Crippen molar-refractivity contribution in [1.82, 2.24) is 5.32 Å². The van der Waals surface area contributed by atoms with Gasteiger partial charge in [0.2, 0.25) is 0 Å². The van der Waals surface area contributed by atoms with Crippen molar-refractivity contribution < 1.29 is 4.39 Å². The van der Waals surface area contributed by atoms with E-state index in [9.17, 15) is 4.39 Å². The molecule has 0 radical (unpaired) electrons. The molecule has 1 N–H and O–H groups in total. The van der Waals surface area contributed by atoms with E-state index in [-0.39, 0.29) is 5.56 Å². The van der Waals surface area contributed by atoms with Gasteiger partial charge in [-0.2, -0.15) is 5.26 Å². The highest BCUT2D eigenvalue weighted by atomic mass is 19.1. The maximum Gasteiger partial charge on any atom is 0.140 e. The van der Waals surface area contributed by atoms with Gasteiger partial charge in [-0.1, -0.05) is 12.0 Å². The number of benzene rings is 1. The normalized spacial score (nSPS) is 10.6. The van der Waals surface area contributed by atoms with Gasteiger partial charge in [0, 0.05) is 6.54 Å². The summed E-state index contributed by atoms with van der Waals surface area (Å²) in [5.74, 6) is 2.10. The van der Waals surface area contributed by atoms with Gasteiger partial charge in [-0.25, -0.2) is 4.39 Å². The largest absolute Gasteiger partial charge is 0.298 e. The molecule has 1 aromatic carbocycles. The Hall–Kier alpha value is -1.84. The Labute approximate surface area is 95.1 Å². The van der Waals surface area contributed by atoms with Crippen LogP contribution in [0.25, 0.3) is 0 Å². The molecule has 0 aliphatic heterocycles. The average molecular weight is 216 g/mol. The molecule has 0 aliphatic rings. The summed E-state index contributed by atoms with van der Waals surface area (Å²) >= 11 is 0. The van der Waals surface area contributed by atoms with E-state index in [1.807, 2.05) is 13.8 Å². The van der Waals surface area contributed by atoms with Crippen molar-refractivity contribution in [1.29, 1.82) is 5.26 Å². The van der Waals surface area contributed by atoms with Crippen LogP contribution in [0, 0.1) is 29.5 Å². The molecular weight excluding hydrogens is 203 g/mol. The van der Waals surface area contributed by atoms with Gasteiger partial charge < -0.3 is 0 Å². The van der Waals surface area contributed by atoms with Crippen molar-refractivity contribution in [3.8, 4) is 18.4 Å². The fourth-order valence-corrected chi connectivity index (χ4v) is 1.14. The zero-order valence-electron chi connectivity index (χ0n) is 9.34. The minimum atomic E-state index is -0.498. The highest BCUT2D eigenvalue weighted by molar-refractivity contribution is 5.34. The number of nitriles is 1. The molecular formula is C13H13FN2. The summed E-state index contributed by atoms with van der Waals surface area (Å²) in [6.45, 7) is 4.26. The van der Waals surface area contributed by atoms with Crippen molar-refractivity contribution in [2.45, 2.75) is 25.9 Å². The third-order valence-electron chi connectivity index (χ3n) is 2.25. The van der Waals surface area contributed by atoms with Crippen molar-refractivity contribution in [2.75, 3.05) is 0 Å². The first-order valence-corrected chi connectivity index (χ1v) is 4.90. The molecule has 82 valence electrons. The van der Waals surface area contributed by atoms with Gasteiger partial charge in [-0.15, -0.1) is 6.42 Å². The molecule has 1 rings (SSSR count). The van der Waals surface area contributed by atoms with Crippen molar-refractivity contribution in [3.63, 3.8) is 0 Å². The third-order valence-corrected chi connectivity index (χ3v) is 2.25. The van der Waals surface area contributed by atoms with Gasteiger partial charge in [0.15, 0.2) is 0 Å². The smallest absolute Gasteiger partial charge is 0.140 e. The molecule has 2 nitrogen and oxygen atoms in total. The van der Waals surface area contributed by atoms with Gasteiger partial charge in [-0.3, -0.25) is 5.32 Å². The van der Waals surface area contributed by atoms with Gasteiger partial charge in [0.25, 0.3) is 0 Å². The molecule has 0 bridgehead atoms. The summed E-state index contributed by atoms with van der Waals surface area (Å²) in [6, 6.07) is 6.25. The van der Waals surface area contributed by atoms with E-state index in [4.69, 9.17) is 11.7 Å². The molecule has 1 aromatic rings. The Morgan fingerprint density at radius 1 is 1.50 bits per heavy atom. The van der Waals surface area contributed by atoms with E-state index in [1.54, 1.807) is 12.1 Å². The summed E-state index contributed by atoms with van der Waals surface area (Å²) in [4.78, 5) is 0. The maximum absolute atomic E-state index is 13.0. The fraction of sp³-hybridized carbons (Fsp3) is 0.308. The van der Waals surface area contributed by atoms with E-state index >= 15 is 0 Å². The lowest BCUT2D eigenvalue weighted by Gasteiger charge is -2.19. The van der Waals surface area contributed by atoms with E-state index < -0.39 is 11.4 Å². The number of halogens is 1. The lowest BCUT2D eigenvalue weighted by atomic mass is 10.1. The molecule has 0 saturated heterocycles. The first-order valence-electron chi connectivity index (χ1n) is 4.90. The van der Waals surface area contributed by atoms with Crippen LogP contribution >= 0.6 is 0 Å². The van der Waals surface area contributed by atoms with Crippen LogP contribution in [-0.2, 0) is 6.54 Å². The molecule has 0 aliphatic carbocycles. The minimum Gasteiger partial charge on any atom is -0.298 e. The molecule has 0 saturated carbocycles. The molecule has 0 fully saturated rings. The summed E-state index contributed by atoms with van der Waals surface area (Å²) in [5.41, 5.74) is 0.473. The van der Waals surface area contributed by atoms with Crippen LogP contribution in [-0.4, -0.2) is 5.54 Å². The Morgan fingerprint density at radius 3 is 2.75 bits per heavy atom. The van der Waals surface area contributed by atoms with Gasteiger partial charge in [0.05, 0.1) is 11.1 Å². The number of terminal acetylenes is 1. The molecule has 0 atom stereocenters. The Morgan fingerprint density at radius 2 is 2.19 bits per heavy atom. The maximum atomic E-state index is 13.0. The first-order chi connectivity index (χ1) is 7.48. The summed E-state index contributed by atoms with van der Waals surface area (Å²) < 4.78 is 13.0. The lowest BCUT2D eigenvalue weighted by molar-refractivity contribution is 0.490. The molecule has 3 heteroatoms. The van der Waals surface area contributed by atoms with E-state index in [0.717, 1.165) is 5.56 Å². The second-order valence-electron chi connectivity index (χ2n) is 4.05. The van der Waals surface area contributed by atoms with E-state index in [1.165, 1.54) is 12.1 Å². The van der Waals surface area contributed by atoms with Crippen LogP contribution in [0.3, 0.4) is 0 Å². The average Bonchev–Trinajstić information content (AvgIpc) is 2.28. The quantitative estimate of drug-likeness (QED) is 0.786. The van der Waals surface area contributed by atoms with Gasteiger partial charge in [0.1, 0.15) is 11.9 Å². The molecule has 0 unspecified atom stereocenters. The van der Waals surface area contributed by atoms with Crippen molar-refractivity contribution >= 4 is 0 Å². The number of rotatable bonds is 3. The standard InChI is InChI=1S/C13H13FN2/c1-4-13(2,3)16-9-10-5-6-12(14)11(7-10)8-15/h1,5-7,16H,9H2,2-3H3. The fourth-order valence-electron chi connectivity index (χ4n) is 1.14. The van der Waals surface area contributed by atoms with Crippen LogP contribution < -0.4 is 5.32 Å². The highest BCUT2D eigenvalue weighted by Crippen LogP contribution is 2.10. The number of hydrogen-bond acceptors (Lipinski definition) is 2. The SMILES string of the molecule is C#CC(C)(C)NCc1ccc(F)c(C#N)c1. The molecule has 16 heavy (non-hydrogen) atoms. The number of nitrogens with zero attached hydrogens (tertiary/aromatic N) is 1. The predicted molar refractivity (Wildman–Crippen MR) is 60.9 cm³/mol. The first kappa shape index (κ1) is 12.2. The Balaban J connectivity index is 2.78. The van der Waals surface area contributed by atoms with Crippen LogP contribution in [0.15, 0.2) is 18.2 Å². The zero-order valence-corrected chi connectivity index (χ0v) is 9.34. The topological polar surface area (TPSA) is 35.8 Å². The van der Waals surface area contributed by atoms with Crippen LogP contribution in [0.5, 0.6) is 0 Å². The van der Waals surface area contributed by atoms with E-state index in [2.05, 4.69) is 11.2 Å². The molecule has 0 spiro atoms. The van der Waals surface area contributed by atoms with Gasteiger partial charge >= 0.3 is 0 Å². The van der Waals surface area contributed by atoms with E-state index in [0.29, 0.717) is 6.54 Å². The Kier molecular flexibility index (Phi) is 3.66. The summed E-state index contributed by atoms with van der Waals surface area (Å²) in [5, 5.41) is 11.8. The minimum absolute atomic E-state index is 0.0535. The number of hydrogen-bond donors (Lipinski definition) is 1. The van der Waals surface area contributed by atoms with Gasteiger partial charge in [-0.05, 0) is 31.5 Å². The summed E-state index contributed by atoms with van der Waals surface area (Å²) in [6.07, 6.45) is 5.33.